The Morgan fingerprint density at radius 3 is 2.70 bits per heavy atom. The summed E-state index contributed by atoms with van der Waals surface area (Å²) in [5, 5.41) is 0.189. The Hall–Kier alpha value is -0.650. The van der Waals surface area contributed by atoms with Crippen LogP contribution in [0.1, 0.15) is 39.0 Å². The number of aromatic nitrogens is 1. The fourth-order valence-electron chi connectivity index (χ4n) is 2.65. The van der Waals surface area contributed by atoms with Gasteiger partial charge >= 0.3 is 0 Å². The maximum absolute atomic E-state index is 12.1. The minimum atomic E-state index is -3.47. The molecule has 1 aliphatic carbocycles. The van der Waals surface area contributed by atoms with Crippen molar-refractivity contribution in [2.45, 2.75) is 43.9 Å². The highest BCUT2D eigenvalue weighted by Crippen LogP contribution is 2.30. The van der Waals surface area contributed by atoms with Gasteiger partial charge in [0.1, 0.15) is 5.15 Å². The van der Waals surface area contributed by atoms with Crippen LogP contribution in [0.3, 0.4) is 0 Å². The summed E-state index contributed by atoms with van der Waals surface area (Å²) in [6.45, 7) is 2.77. The zero-order valence-corrected chi connectivity index (χ0v) is 13.3. The van der Waals surface area contributed by atoms with Crippen LogP contribution in [-0.4, -0.2) is 19.9 Å². The van der Waals surface area contributed by atoms with Gasteiger partial charge in [0.05, 0.1) is 4.90 Å². The standard InChI is InChI=1S/C14H21ClN2O2S/c1-11-2-4-12(5-3-11)6-9-17-20(18,19)13-7-8-16-14(15)10-13/h7-8,10-12,17H,2-6,9H2,1H3. The smallest absolute Gasteiger partial charge is 0.240 e. The topological polar surface area (TPSA) is 59.1 Å². The highest BCUT2D eigenvalue weighted by Gasteiger charge is 2.19. The predicted octanol–water partition coefficient (Wildman–Crippen LogP) is 3.23. The number of hydrogen-bond acceptors (Lipinski definition) is 3. The van der Waals surface area contributed by atoms with Crippen molar-refractivity contribution in [3.63, 3.8) is 0 Å². The van der Waals surface area contributed by atoms with Crippen LogP contribution >= 0.6 is 11.6 Å². The monoisotopic (exact) mass is 316 g/mol. The quantitative estimate of drug-likeness (QED) is 0.848. The van der Waals surface area contributed by atoms with Crippen LogP contribution in [0.2, 0.25) is 5.15 Å². The van der Waals surface area contributed by atoms with Crippen LogP contribution < -0.4 is 4.72 Å². The summed E-state index contributed by atoms with van der Waals surface area (Å²) in [4.78, 5) is 3.96. The Kier molecular flexibility index (Phi) is 5.41. The van der Waals surface area contributed by atoms with E-state index in [1.807, 2.05) is 0 Å². The number of nitrogens with zero attached hydrogens (tertiary/aromatic N) is 1. The summed E-state index contributed by atoms with van der Waals surface area (Å²) in [7, 11) is -3.47. The third-order valence-corrected chi connectivity index (χ3v) is 5.65. The zero-order valence-electron chi connectivity index (χ0n) is 11.7. The SMILES string of the molecule is CC1CCC(CCNS(=O)(=O)c2ccnc(Cl)c2)CC1. The van der Waals surface area contributed by atoms with Crippen LogP contribution in [-0.2, 0) is 10.0 Å². The van der Waals surface area contributed by atoms with Crippen LogP contribution in [0.4, 0.5) is 0 Å². The third kappa shape index (κ3) is 4.43. The van der Waals surface area contributed by atoms with Gasteiger partial charge in [-0.2, -0.15) is 0 Å². The Balaban J connectivity index is 1.84. The molecule has 0 unspecified atom stereocenters. The molecule has 0 spiro atoms. The first-order valence-electron chi connectivity index (χ1n) is 7.08. The van der Waals surface area contributed by atoms with Gasteiger partial charge in [-0.3, -0.25) is 0 Å². The van der Waals surface area contributed by atoms with Gasteiger partial charge in [0, 0.05) is 12.7 Å². The van der Waals surface area contributed by atoms with Crippen molar-refractivity contribution in [1.29, 1.82) is 0 Å². The molecule has 1 fully saturated rings. The number of hydrogen-bond donors (Lipinski definition) is 1. The van der Waals surface area contributed by atoms with Gasteiger partial charge in [-0.15, -0.1) is 0 Å². The molecule has 1 aromatic heterocycles. The Morgan fingerprint density at radius 2 is 2.05 bits per heavy atom. The van der Waals surface area contributed by atoms with Gasteiger partial charge < -0.3 is 0 Å². The molecule has 0 radical (unpaired) electrons. The van der Waals surface area contributed by atoms with E-state index in [-0.39, 0.29) is 10.0 Å². The van der Waals surface area contributed by atoms with Crippen molar-refractivity contribution >= 4 is 21.6 Å². The molecule has 1 aromatic rings. The maximum Gasteiger partial charge on any atom is 0.240 e. The summed E-state index contributed by atoms with van der Waals surface area (Å²) in [5.41, 5.74) is 0. The summed E-state index contributed by atoms with van der Waals surface area (Å²) in [5.74, 6) is 1.47. The fourth-order valence-corrected chi connectivity index (χ4v) is 3.95. The van der Waals surface area contributed by atoms with Gasteiger partial charge in [0.15, 0.2) is 0 Å². The molecular weight excluding hydrogens is 296 g/mol. The summed E-state index contributed by atoms with van der Waals surface area (Å²) < 4.78 is 26.8. The van der Waals surface area contributed by atoms with Gasteiger partial charge in [-0.05, 0) is 30.4 Å². The second-order valence-corrected chi connectivity index (χ2v) is 7.78. The highest BCUT2D eigenvalue weighted by atomic mass is 35.5. The minimum absolute atomic E-state index is 0.176. The summed E-state index contributed by atoms with van der Waals surface area (Å²) in [6.07, 6.45) is 7.26. The minimum Gasteiger partial charge on any atom is -0.244 e. The Bertz CT molecular complexity index is 540. The summed E-state index contributed by atoms with van der Waals surface area (Å²) >= 11 is 5.72. The van der Waals surface area contributed by atoms with Crippen LogP contribution in [0.15, 0.2) is 23.2 Å². The number of rotatable bonds is 5. The molecule has 0 bridgehead atoms. The van der Waals surface area contributed by atoms with E-state index in [4.69, 9.17) is 11.6 Å². The van der Waals surface area contributed by atoms with E-state index in [1.54, 1.807) is 0 Å². The molecule has 0 aliphatic heterocycles. The van der Waals surface area contributed by atoms with Crippen LogP contribution in [0.25, 0.3) is 0 Å². The Labute approximate surface area is 126 Å². The molecule has 1 N–H and O–H groups in total. The average Bonchev–Trinajstić information content (AvgIpc) is 2.41. The van der Waals surface area contributed by atoms with Crippen LogP contribution in [0, 0.1) is 11.8 Å². The Morgan fingerprint density at radius 1 is 1.35 bits per heavy atom. The normalized spacial score (nSPS) is 23.7. The lowest BCUT2D eigenvalue weighted by atomic mass is 9.81. The van der Waals surface area contributed by atoms with Gasteiger partial charge in [-0.1, -0.05) is 44.2 Å². The molecule has 20 heavy (non-hydrogen) atoms. The van der Waals surface area contributed by atoms with Gasteiger partial charge in [0.25, 0.3) is 0 Å². The molecule has 6 heteroatoms. The molecule has 112 valence electrons. The van der Waals surface area contributed by atoms with Gasteiger partial charge in [-0.25, -0.2) is 18.1 Å². The second kappa shape index (κ2) is 6.87. The molecule has 1 heterocycles. The number of halogens is 1. The van der Waals surface area contributed by atoms with Gasteiger partial charge in [0.2, 0.25) is 10.0 Å². The van der Waals surface area contributed by atoms with Crippen molar-refractivity contribution in [2.24, 2.45) is 11.8 Å². The maximum atomic E-state index is 12.1. The zero-order chi connectivity index (χ0) is 14.6. The van der Waals surface area contributed by atoms with E-state index < -0.39 is 10.0 Å². The molecule has 2 rings (SSSR count). The van der Waals surface area contributed by atoms with E-state index in [1.165, 1.54) is 44.0 Å². The van der Waals surface area contributed by atoms with Crippen molar-refractivity contribution in [2.75, 3.05) is 6.54 Å². The lowest BCUT2D eigenvalue weighted by Gasteiger charge is -2.26. The van der Waals surface area contributed by atoms with E-state index in [9.17, 15) is 8.42 Å². The fraction of sp³-hybridized carbons (Fsp3) is 0.643. The molecule has 0 amide bonds. The number of nitrogens with one attached hydrogen (secondary N) is 1. The first kappa shape index (κ1) is 15.7. The lowest BCUT2D eigenvalue weighted by Crippen LogP contribution is -2.27. The number of pyridine rings is 1. The molecule has 1 aliphatic rings. The van der Waals surface area contributed by atoms with Crippen LogP contribution in [0.5, 0.6) is 0 Å². The second-order valence-electron chi connectivity index (χ2n) is 5.63. The first-order chi connectivity index (χ1) is 9.47. The number of sulfonamides is 1. The third-order valence-electron chi connectivity index (χ3n) is 3.99. The van der Waals surface area contributed by atoms with Crippen molar-refractivity contribution in [1.82, 2.24) is 9.71 Å². The first-order valence-corrected chi connectivity index (χ1v) is 8.95. The van der Waals surface area contributed by atoms with Crippen molar-refractivity contribution in [3.8, 4) is 0 Å². The van der Waals surface area contributed by atoms with E-state index in [0.717, 1.165) is 12.3 Å². The summed E-state index contributed by atoms with van der Waals surface area (Å²) in [6, 6.07) is 2.82. The van der Waals surface area contributed by atoms with Crippen molar-refractivity contribution < 1.29 is 8.42 Å². The van der Waals surface area contributed by atoms with E-state index in [0.29, 0.717) is 12.5 Å². The van der Waals surface area contributed by atoms with E-state index in [2.05, 4.69) is 16.6 Å². The molecule has 0 saturated heterocycles. The molecule has 1 saturated carbocycles. The predicted molar refractivity (Wildman–Crippen MR) is 80.2 cm³/mol. The highest BCUT2D eigenvalue weighted by molar-refractivity contribution is 7.89. The van der Waals surface area contributed by atoms with Crippen molar-refractivity contribution in [3.05, 3.63) is 23.5 Å². The average molecular weight is 317 g/mol. The molecular formula is C14H21ClN2O2S. The lowest BCUT2D eigenvalue weighted by molar-refractivity contribution is 0.278. The molecule has 0 atom stereocenters. The molecule has 0 aromatic carbocycles. The molecule has 4 nitrogen and oxygen atoms in total. The largest absolute Gasteiger partial charge is 0.244 e. The van der Waals surface area contributed by atoms with E-state index >= 15 is 0 Å².